The maximum Gasteiger partial charge on any atom is 0.244 e. The lowest BCUT2D eigenvalue weighted by molar-refractivity contribution is -0.140. The number of aryl methyl sites for hydroxylation is 2. The van der Waals surface area contributed by atoms with E-state index in [0.717, 1.165) is 32.7 Å². The topological polar surface area (TPSA) is 296 Å². The number of likely N-dealkylation sites (N-methyl/N-ethyl adjacent to an activating group) is 1. The smallest absolute Gasteiger partial charge is 0.244 e. The third kappa shape index (κ3) is 18.2. The van der Waals surface area contributed by atoms with Crippen LogP contribution in [-0.4, -0.2) is 144 Å². The van der Waals surface area contributed by atoms with Crippen LogP contribution in [0.25, 0.3) is 0 Å². The number of ketones is 1. The molecule has 2 heterocycles. The molecule has 0 aromatic heterocycles. The van der Waals surface area contributed by atoms with Crippen molar-refractivity contribution in [2.24, 2.45) is 17.6 Å². The van der Waals surface area contributed by atoms with E-state index in [9.17, 15) is 47.9 Å². The van der Waals surface area contributed by atoms with Crippen molar-refractivity contribution in [3.8, 4) is 0 Å². The van der Waals surface area contributed by atoms with Crippen molar-refractivity contribution in [2.45, 2.75) is 135 Å². The maximum atomic E-state index is 14.5. The molecule has 0 saturated carbocycles. The van der Waals surface area contributed by atoms with Gasteiger partial charge in [-0.3, -0.25) is 47.9 Å². The average molecular weight is 1040 g/mol. The molecule has 2 saturated heterocycles. The molecular formula is C50H72N10O10S2. The fourth-order valence-corrected chi connectivity index (χ4v) is 10.5. The van der Waals surface area contributed by atoms with Gasteiger partial charge in [-0.1, -0.05) is 109 Å². The number of hydrogen-bond donors (Lipinski definition) is 9. The van der Waals surface area contributed by atoms with Crippen LogP contribution in [0, 0.1) is 25.7 Å². The van der Waals surface area contributed by atoms with Gasteiger partial charge in [0.2, 0.25) is 53.2 Å². The first-order chi connectivity index (χ1) is 34.1. The lowest BCUT2D eigenvalue weighted by Crippen LogP contribution is -2.60. The molecule has 0 unspecified atom stereocenters. The normalized spacial score (nSPS) is 23.9. The van der Waals surface area contributed by atoms with Gasteiger partial charge in [0.1, 0.15) is 48.1 Å². The quantitative estimate of drug-likeness (QED) is 0.122. The Morgan fingerprint density at radius 1 is 0.708 bits per heavy atom. The first kappa shape index (κ1) is 58.6. The third-order valence-corrected chi connectivity index (χ3v) is 14.6. The summed E-state index contributed by atoms with van der Waals surface area (Å²) in [5.74, 6) is -7.43. The molecule has 10 N–H and O–H groups in total. The number of nitrogens with one attached hydrogen (secondary N) is 8. The maximum absolute atomic E-state index is 14.5. The number of carbonyl (C=O) groups is 10. The first-order valence-electron chi connectivity index (χ1n) is 24.3. The van der Waals surface area contributed by atoms with Gasteiger partial charge in [-0.25, -0.2) is 0 Å². The minimum absolute atomic E-state index is 0.0355. The van der Waals surface area contributed by atoms with Crippen LogP contribution in [-0.2, 0) is 60.8 Å². The Bertz CT molecular complexity index is 2260. The zero-order valence-corrected chi connectivity index (χ0v) is 44.0. The van der Waals surface area contributed by atoms with Gasteiger partial charge in [0.05, 0.1) is 12.6 Å². The Morgan fingerprint density at radius 2 is 1.25 bits per heavy atom. The molecule has 4 rings (SSSR count). The van der Waals surface area contributed by atoms with Gasteiger partial charge in [-0.2, -0.15) is 0 Å². The molecule has 2 aromatic rings. The molecule has 2 aromatic carbocycles. The van der Waals surface area contributed by atoms with Crippen LogP contribution in [0.15, 0.2) is 48.5 Å². The van der Waals surface area contributed by atoms with Crippen LogP contribution in [0.2, 0.25) is 0 Å². The van der Waals surface area contributed by atoms with Gasteiger partial charge in [-0.05, 0) is 63.0 Å². The number of rotatable bonds is 13. The van der Waals surface area contributed by atoms with Gasteiger partial charge in [0.15, 0.2) is 0 Å². The molecule has 0 radical (unpaired) electrons. The molecule has 9 amide bonds. The molecule has 0 aliphatic carbocycles. The highest BCUT2D eigenvalue weighted by atomic mass is 33.1. The van der Waals surface area contributed by atoms with E-state index in [2.05, 4.69) is 42.5 Å². The Morgan fingerprint density at radius 3 is 1.79 bits per heavy atom. The number of hydrogen-bond acceptors (Lipinski definition) is 13. The van der Waals surface area contributed by atoms with Crippen LogP contribution in [0.5, 0.6) is 0 Å². The van der Waals surface area contributed by atoms with E-state index in [0.29, 0.717) is 30.4 Å². The van der Waals surface area contributed by atoms with Gasteiger partial charge < -0.3 is 53.2 Å². The molecule has 22 heteroatoms. The van der Waals surface area contributed by atoms with Crippen molar-refractivity contribution in [3.05, 3.63) is 70.8 Å². The van der Waals surface area contributed by atoms with Crippen molar-refractivity contribution < 1.29 is 47.9 Å². The van der Waals surface area contributed by atoms with Crippen molar-refractivity contribution in [1.29, 1.82) is 0 Å². The summed E-state index contributed by atoms with van der Waals surface area (Å²) < 4.78 is 0. The van der Waals surface area contributed by atoms with E-state index in [1.54, 1.807) is 38.1 Å². The monoisotopic (exact) mass is 1040 g/mol. The van der Waals surface area contributed by atoms with Crippen molar-refractivity contribution in [2.75, 3.05) is 31.6 Å². The molecule has 8 atom stereocenters. The van der Waals surface area contributed by atoms with E-state index >= 15 is 0 Å². The fraction of sp³-hybridized carbons (Fsp3) is 0.560. The van der Waals surface area contributed by atoms with Crippen LogP contribution in [0.4, 0.5) is 0 Å². The lowest BCUT2D eigenvalue weighted by atomic mass is 10.0. The summed E-state index contributed by atoms with van der Waals surface area (Å²) >= 11 is 0. The number of nitrogens with zero attached hydrogens (tertiary/aromatic N) is 1. The number of nitrogens with two attached hydrogens (primary N) is 1. The van der Waals surface area contributed by atoms with E-state index in [1.165, 1.54) is 18.9 Å². The van der Waals surface area contributed by atoms with E-state index in [4.69, 9.17) is 5.73 Å². The van der Waals surface area contributed by atoms with Gasteiger partial charge in [0, 0.05) is 44.4 Å². The summed E-state index contributed by atoms with van der Waals surface area (Å²) in [6.45, 7) is 11.9. The average Bonchev–Trinajstić information content (AvgIpc) is 3.82. The van der Waals surface area contributed by atoms with Crippen LogP contribution in [0.1, 0.15) is 82.6 Å². The second-order valence-electron chi connectivity index (χ2n) is 19.2. The summed E-state index contributed by atoms with van der Waals surface area (Å²) in [5.41, 5.74) is 9.42. The Kier molecular flexibility index (Phi) is 23.0. The number of likely N-dealkylation sites (tertiary alicyclic amines) is 1. The predicted molar refractivity (Wildman–Crippen MR) is 276 cm³/mol. The first-order valence-corrected chi connectivity index (χ1v) is 26.8. The van der Waals surface area contributed by atoms with E-state index < -0.39 is 126 Å². The minimum atomic E-state index is -1.56. The molecule has 20 nitrogen and oxygen atoms in total. The second kappa shape index (κ2) is 28.3. The van der Waals surface area contributed by atoms with Crippen molar-refractivity contribution in [1.82, 2.24) is 47.4 Å². The highest BCUT2D eigenvalue weighted by Crippen LogP contribution is 2.25. The predicted octanol–water partition coefficient (Wildman–Crippen LogP) is 0.254. The second-order valence-corrected chi connectivity index (χ2v) is 21.8. The van der Waals surface area contributed by atoms with Crippen molar-refractivity contribution in [3.63, 3.8) is 0 Å². The molecule has 2 fully saturated rings. The minimum Gasteiger partial charge on any atom is -0.357 e. The summed E-state index contributed by atoms with van der Waals surface area (Å²) in [6, 6.07) is 4.68. The molecule has 72 heavy (non-hydrogen) atoms. The highest BCUT2D eigenvalue weighted by molar-refractivity contribution is 8.76. The third-order valence-electron chi connectivity index (χ3n) is 12.1. The van der Waals surface area contributed by atoms with E-state index in [-0.39, 0.29) is 36.8 Å². The van der Waals surface area contributed by atoms with E-state index in [1.807, 2.05) is 52.0 Å². The number of Topliss-reactive ketones (excluding diaryl/α,β-unsaturated/α-hetero) is 1. The number of benzene rings is 2. The molecule has 0 spiro atoms. The fourth-order valence-electron chi connectivity index (χ4n) is 8.13. The zero-order valence-electron chi connectivity index (χ0n) is 42.4. The molecule has 2 aliphatic heterocycles. The standard InChI is InChI=1S/C50H72N10O10S2/c1-27(2)20-34(51)50(70)60-19-9-10-40(60)48(68)57-39-26-72-71-25-38(43(63)52-8)58-49(69)42(28(3)4)59-41(62)24-53-44(64)36(22-32-15-11-29(5)12-16-32)55-46(66)37(23-33-17-13-30(6)14-18-33)56-45(65)35(21-31(7)61)54-47(39)67/h11-18,27-28,34-40,42H,9-10,19-26,51H2,1-8H3,(H,52,63)(H,53,64)(H,54,67)(H,55,66)(H,56,65)(H,57,68)(H,58,69)(H,59,62)/t34-,35-,36-,37-,38-,39-,40-,42-/m0/s1. The Balaban J connectivity index is 1.76. The van der Waals surface area contributed by atoms with Gasteiger partial charge in [-0.15, -0.1) is 0 Å². The highest BCUT2D eigenvalue weighted by Gasteiger charge is 2.39. The molecular weight excluding hydrogens is 965 g/mol. The molecule has 0 bridgehead atoms. The van der Waals surface area contributed by atoms with Crippen molar-refractivity contribution >= 4 is 80.5 Å². The summed E-state index contributed by atoms with van der Waals surface area (Å²) in [5, 5.41) is 21.2. The number of carbonyl (C=O) groups excluding carboxylic acids is 10. The zero-order chi connectivity index (χ0) is 53.2. The molecule has 394 valence electrons. The van der Waals surface area contributed by atoms with Gasteiger partial charge >= 0.3 is 0 Å². The SMILES string of the molecule is CNC(=O)[C@@H]1CSSC[C@H](NC(=O)[C@@H]2CCCN2C(=O)[C@@H](N)CC(C)C)C(=O)N[C@@H](CC(C)=O)C(=O)N[C@@H](Cc2ccc(C)cc2)C(=O)N[C@@H](Cc2ccc(C)cc2)C(=O)NCC(=O)N[C@@H](C(C)C)C(=O)N1. The molecule has 2 aliphatic rings. The summed E-state index contributed by atoms with van der Waals surface area (Å²) in [4.78, 5) is 139. The Labute approximate surface area is 429 Å². The van der Waals surface area contributed by atoms with Gasteiger partial charge in [0.25, 0.3) is 0 Å². The van der Waals surface area contributed by atoms with Crippen LogP contribution in [0.3, 0.4) is 0 Å². The number of amides is 9. The van der Waals surface area contributed by atoms with Crippen LogP contribution < -0.4 is 48.3 Å². The largest absolute Gasteiger partial charge is 0.357 e. The summed E-state index contributed by atoms with van der Waals surface area (Å²) in [6.07, 6.45) is 0.558. The van der Waals surface area contributed by atoms with Crippen LogP contribution >= 0.6 is 21.6 Å². The lowest BCUT2D eigenvalue weighted by Gasteiger charge is -2.29. The summed E-state index contributed by atoms with van der Waals surface area (Å²) in [7, 11) is 3.54. The Hall–Kier alpha value is -6.00.